The zero-order chi connectivity index (χ0) is 22.4. The maximum absolute atomic E-state index is 13.1. The lowest BCUT2D eigenvalue weighted by Crippen LogP contribution is -2.38. The summed E-state index contributed by atoms with van der Waals surface area (Å²) in [6, 6.07) is 15.6. The first-order valence-corrected chi connectivity index (χ1v) is 10.2. The van der Waals surface area contributed by atoms with Crippen molar-refractivity contribution >= 4 is 29.7 Å². The fraction of sp³-hybridized carbons (Fsp3) is 0.333. The van der Waals surface area contributed by atoms with Crippen LogP contribution in [-0.4, -0.2) is 36.5 Å². The van der Waals surface area contributed by atoms with Crippen molar-refractivity contribution in [2.75, 3.05) is 18.5 Å². The summed E-state index contributed by atoms with van der Waals surface area (Å²) in [5.74, 6) is -1.87. The Kier molecular flexibility index (Phi) is 7.15. The zero-order valence-corrected chi connectivity index (χ0v) is 17.4. The number of carbonyl (C=O) groups excluding carboxylic acids is 2. The second-order valence-corrected chi connectivity index (χ2v) is 7.61. The minimum absolute atomic E-state index is 0.0112. The van der Waals surface area contributed by atoms with Crippen LogP contribution in [0.15, 0.2) is 48.5 Å². The average molecular weight is 430 g/mol. The van der Waals surface area contributed by atoms with Gasteiger partial charge in [-0.25, -0.2) is 0 Å². The molecule has 0 N–H and O–H groups in total. The first-order valence-electron chi connectivity index (χ1n) is 10.2. The third-order valence-corrected chi connectivity index (χ3v) is 5.33. The molecule has 1 heterocycles. The number of nitrogens with zero attached hydrogens (tertiary/aromatic N) is 2. The fourth-order valence-corrected chi connectivity index (χ4v) is 3.63. The third kappa shape index (κ3) is 5.75. The summed E-state index contributed by atoms with van der Waals surface area (Å²) in [5.41, 5.74) is 3.91. The molecule has 31 heavy (non-hydrogen) atoms. The molecular formula is C24H25F3N2O2. The van der Waals surface area contributed by atoms with E-state index >= 15 is 0 Å². The Morgan fingerprint density at radius 3 is 2.32 bits per heavy atom. The van der Waals surface area contributed by atoms with E-state index in [1.54, 1.807) is 4.90 Å². The Labute approximate surface area is 180 Å². The van der Waals surface area contributed by atoms with Gasteiger partial charge >= 0.3 is 12.1 Å². The second kappa shape index (κ2) is 9.81. The van der Waals surface area contributed by atoms with Gasteiger partial charge in [0.15, 0.2) is 0 Å². The normalized spacial score (nSPS) is 14.1. The number of unbranched alkanes of at least 4 members (excludes halogenated alkanes) is 2. The lowest BCUT2D eigenvalue weighted by molar-refractivity contribution is -0.184. The summed E-state index contributed by atoms with van der Waals surface area (Å²) < 4.78 is 37.3. The van der Waals surface area contributed by atoms with Crippen molar-refractivity contribution in [1.82, 2.24) is 4.90 Å². The summed E-state index contributed by atoms with van der Waals surface area (Å²) in [5, 5.41) is 0. The molecule has 0 unspecified atom stereocenters. The predicted octanol–water partition coefficient (Wildman–Crippen LogP) is 5.28. The van der Waals surface area contributed by atoms with Crippen LogP contribution >= 0.6 is 0 Å². The first-order chi connectivity index (χ1) is 14.8. The van der Waals surface area contributed by atoms with Crippen molar-refractivity contribution in [2.24, 2.45) is 0 Å². The number of rotatable bonds is 6. The highest BCUT2D eigenvalue weighted by atomic mass is 19.4. The molecule has 3 rings (SSSR count). The van der Waals surface area contributed by atoms with E-state index in [2.05, 4.69) is 6.08 Å². The van der Waals surface area contributed by atoms with Crippen molar-refractivity contribution < 1.29 is 22.8 Å². The molecule has 2 aromatic rings. The van der Waals surface area contributed by atoms with Gasteiger partial charge in [0.05, 0.1) is 12.2 Å². The van der Waals surface area contributed by atoms with E-state index in [1.807, 2.05) is 54.6 Å². The second-order valence-electron chi connectivity index (χ2n) is 7.61. The lowest BCUT2D eigenvalue weighted by Gasteiger charge is -2.27. The van der Waals surface area contributed by atoms with Crippen LogP contribution in [0, 0.1) is 0 Å². The van der Waals surface area contributed by atoms with Crippen LogP contribution in [0.3, 0.4) is 0 Å². The maximum atomic E-state index is 13.1. The molecule has 0 bridgehead atoms. The van der Waals surface area contributed by atoms with Crippen LogP contribution < -0.4 is 4.90 Å². The number of fused-ring (bicyclic) bond motifs is 2. The smallest absolute Gasteiger partial charge is 0.338 e. The van der Waals surface area contributed by atoms with Gasteiger partial charge in [-0.3, -0.25) is 9.59 Å². The molecule has 4 nitrogen and oxygen atoms in total. The largest absolute Gasteiger partial charge is 0.471 e. The van der Waals surface area contributed by atoms with Crippen LogP contribution in [0.5, 0.6) is 0 Å². The minimum atomic E-state index is -4.85. The number of alkyl halides is 3. The molecule has 2 amide bonds. The first kappa shape index (κ1) is 22.6. The molecule has 1 aliphatic rings. The molecule has 1 aliphatic heterocycles. The summed E-state index contributed by atoms with van der Waals surface area (Å²) in [6.45, 7) is 0.469. The van der Waals surface area contributed by atoms with Gasteiger partial charge in [0.25, 0.3) is 0 Å². The van der Waals surface area contributed by atoms with Crippen molar-refractivity contribution in [3.63, 3.8) is 0 Å². The Morgan fingerprint density at radius 2 is 1.58 bits per heavy atom. The average Bonchev–Trinajstić information content (AvgIpc) is 2.73. The summed E-state index contributed by atoms with van der Waals surface area (Å²) >= 11 is 0. The quantitative estimate of drug-likeness (QED) is 0.585. The highest BCUT2D eigenvalue weighted by Crippen LogP contribution is 2.29. The number of carbonyl (C=O) groups is 2. The molecule has 0 saturated heterocycles. The Morgan fingerprint density at radius 1 is 0.935 bits per heavy atom. The van der Waals surface area contributed by atoms with Crippen molar-refractivity contribution in [3.8, 4) is 0 Å². The van der Waals surface area contributed by atoms with Crippen LogP contribution in [0.1, 0.15) is 42.4 Å². The number of benzene rings is 2. The lowest BCUT2D eigenvalue weighted by atomic mass is 10.0. The highest BCUT2D eigenvalue weighted by Gasteiger charge is 2.40. The number of hydrogen-bond donors (Lipinski definition) is 0. The standard InChI is InChI=1S/C24H25F3N2O2/c1-28(23(31)24(25,26)27)16-8-2-3-13-22(30)29-17-20-11-5-4-9-18(20)14-15-19-10-6-7-12-21(19)29/h4-7,9-12,14-15H,2-3,8,13,16-17H2,1H3/b15-14-. The van der Waals surface area contributed by atoms with Gasteiger partial charge in [-0.2, -0.15) is 13.2 Å². The Balaban J connectivity index is 1.61. The van der Waals surface area contributed by atoms with Crippen LogP contribution in [0.4, 0.5) is 18.9 Å². The maximum Gasteiger partial charge on any atom is 0.471 e. The molecule has 7 heteroatoms. The van der Waals surface area contributed by atoms with Crippen LogP contribution in [0.25, 0.3) is 12.2 Å². The molecule has 0 fully saturated rings. The van der Waals surface area contributed by atoms with Crippen molar-refractivity contribution in [3.05, 3.63) is 65.2 Å². The van der Waals surface area contributed by atoms with E-state index in [4.69, 9.17) is 0 Å². The van der Waals surface area contributed by atoms with Crippen molar-refractivity contribution in [1.29, 1.82) is 0 Å². The molecule has 2 aromatic carbocycles. The van der Waals surface area contributed by atoms with Gasteiger partial charge < -0.3 is 9.80 Å². The van der Waals surface area contributed by atoms with Gasteiger partial charge in [-0.05, 0) is 35.6 Å². The SMILES string of the molecule is CN(CCCCCC(=O)N1Cc2ccccc2/C=C\c2ccccc21)C(=O)C(F)(F)F. The zero-order valence-electron chi connectivity index (χ0n) is 17.4. The summed E-state index contributed by atoms with van der Waals surface area (Å²) in [4.78, 5) is 26.7. The monoisotopic (exact) mass is 430 g/mol. The van der Waals surface area contributed by atoms with E-state index in [0.717, 1.165) is 29.4 Å². The Bertz CT molecular complexity index is 969. The number of para-hydroxylation sites is 1. The van der Waals surface area contributed by atoms with Gasteiger partial charge in [0, 0.05) is 20.0 Å². The molecule has 164 valence electrons. The van der Waals surface area contributed by atoms with E-state index in [-0.39, 0.29) is 18.9 Å². The molecule has 0 radical (unpaired) electrons. The van der Waals surface area contributed by atoms with E-state index in [0.29, 0.717) is 30.7 Å². The molecule has 0 aromatic heterocycles. The van der Waals surface area contributed by atoms with Crippen LogP contribution in [-0.2, 0) is 16.1 Å². The molecule has 0 atom stereocenters. The predicted molar refractivity (Wildman–Crippen MR) is 115 cm³/mol. The van der Waals surface area contributed by atoms with E-state index in [1.165, 1.54) is 0 Å². The van der Waals surface area contributed by atoms with Gasteiger partial charge in [0.2, 0.25) is 5.91 Å². The molecular weight excluding hydrogens is 405 g/mol. The van der Waals surface area contributed by atoms with Gasteiger partial charge in [-0.1, -0.05) is 61.0 Å². The topological polar surface area (TPSA) is 40.6 Å². The molecule has 0 aliphatic carbocycles. The number of halogens is 3. The van der Waals surface area contributed by atoms with E-state index < -0.39 is 12.1 Å². The summed E-state index contributed by atoms with van der Waals surface area (Å²) in [7, 11) is 1.14. The summed E-state index contributed by atoms with van der Waals surface area (Å²) in [6.07, 6.45) is 1.01. The number of amides is 2. The van der Waals surface area contributed by atoms with Crippen molar-refractivity contribution in [2.45, 2.75) is 38.4 Å². The minimum Gasteiger partial charge on any atom is -0.338 e. The Hall–Kier alpha value is -3.09. The van der Waals surface area contributed by atoms with Gasteiger partial charge in [-0.15, -0.1) is 0 Å². The fourth-order valence-electron chi connectivity index (χ4n) is 3.63. The van der Waals surface area contributed by atoms with Crippen LogP contribution in [0.2, 0.25) is 0 Å². The highest BCUT2D eigenvalue weighted by molar-refractivity contribution is 5.97. The number of anilines is 1. The third-order valence-electron chi connectivity index (χ3n) is 5.33. The van der Waals surface area contributed by atoms with Gasteiger partial charge in [0.1, 0.15) is 0 Å². The number of hydrogen-bond acceptors (Lipinski definition) is 2. The molecule has 0 spiro atoms. The van der Waals surface area contributed by atoms with E-state index in [9.17, 15) is 22.8 Å². The molecule has 0 saturated carbocycles.